The first-order chi connectivity index (χ1) is 14.7. The van der Waals surface area contributed by atoms with E-state index in [0.29, 0.717) is 29.0 Å². The fourth-order valence-electron chi connectivity index (χ4n) is 3.83. The van der Waals surface area contributed by atoms with Crippen LogP contribution in [0.3, 0.4) is 0 Å². The number of hydrogen-bond donors (Lipinski definition) is 1. The van der Waals surface area contributed by atoms with Crippen LogP contribution >= 0.6 is 0 Å². The van der Waals surface area contributed by atoms with Crippen molar-refractivity contribution in [3.05, 3.63) is 53.7 Å². The minimum atomic E-state index is -0.643. The maximum atomic E-state index is 14.1. The van der Waals surface area contributed by atoms with Crippen LogP contribution < -0.4 is 4.90 Å². The van der Waals surface area contributed by atoms with Crippen LogP contribution in [0.15, 0.2) is 36.8 Å². The summed E-state index contributed by atoms with van der Waals surface area (Å²) in [6, 6.07) is 7.37. The second-order valence-corrected chi connectivity index (χ2v) is 7.21. The summed E-state index contributed by atoms with van der Waals surface area (Å²) in [5.74, 6) is 6.60. The molecule has 0 spiro atoms. The summed E-state index contributed by atoms with van der Waals surface area (Å²) in [5.41, 5.74) is 3.51. The molecule has 1 unspecified atom stereocenters. The highest BCUT2D eigenvalue weighted by Gasteiger charge is 2.24. The summed E-state index contributed by atoms with van der Waals surface area (Å²) >= 11 is 0. The second-order valence-electron chi connectivity index (χ2n) is 7.21. The topological polar surface area (TPSA) is 79.4 Å². The fraction of sp³-hybridized carbons (Fsp3) is 0.273. The first-order valence-corrected chi connectivity index (χ1v) is 9.89. The number of aliphatic hydroxyl groups is 1. The number of hydrogen-bond acceptors (Lipinski definition) is 6. The smallest absolute Gasteiger partial charge is 0.258 e. The molecule has 0 saturated carbocycles. The van der Waals surface area contributed by atoms with Crippen molar-refractivity contribution in [1.29, 1.82) is 0 Å². The molecule has 150 valence electrons. The van der Waals surface area contributed by atoms with Crippen molar-refractivity contribution >= 4 is 28.3 Å². The molecular formula is C22H19FN6O. The number of nitrogens with zero attached hydrogens (tertiary/aromatic N) is 6. The maximum absolute atomic E-state index is 14.1. The highest BCUT2D eigenvalue weighted by molar-refractivity contribution is 5.92. The number of aliphatic hydroxyl groups excluding tert-OH is 1. The van der Waals surface area contributed by atoms with Gasteiger partial charge in [-0.3, -0.25) is 0 Å². The molecule has 5 rings (SSSR count). The molecule has 0 radical (unpaired) electrons. The van der Waals surface area contributed by atoms with Crippen molar-refractivity contribution < 1.29 is 9.50 Å². The van der Waals surface area contributed by atoms with Gasteiger partial charge in [0.15, 0.2) is 5.65 Å². The Bertz CT molecular complexity index is 1320. The lowest BCUT2D eigenvalue weighted by molar-refractivity contribution is 0.228. The van der Waals surface area contributed by atoms with Crippen LogP contribution in [0, 0.1) is 17.7 Å². The highest BCUT2D eigenvalue weighted by Crippen LogP contribution is 2.37. The van der Waals surface area contributed by atoms with E-state index in [9.17, 15) is 9.50 Å². The molecule has 0 bridgehead atoms. The fourth-order valence-corrected chi connectivity index (χ4v) is 3.83. The van der Waals surface area contributed by atoms with Gasteiger partial charge in [-0.1, -0.05) is 24.8 Å². The highest BCUT2D eigenvalue weighted by atomic mass is 19.1. The van der Waals surface area contributed by atoms with Gasteiger partial charge in [0.2, 0.25) is 0 Å². The monoisotopic (exact) mass is 402 g/mol. The van der Waals surface area contributed by atoms with Crippen LogP contribution in [0.2, 0.25) is 0 Å². The van der Waals surface area contributed by atoms with Gasteiger partial charge in [0.25, 0.3) is 5.78 Å². The van der Waals surface area contributed by atoms with Crippen LogP contribution in [-0.4, -0.2) is 42.3 Å². The minimum Gasteiger partial charge on any atom is -0.380 e. The number of aromatic nitrogens is 5. The standard InChI is InChI=1S/C22H19FN6O/c1-2-16(30)9-8-14-5-3-7-19-17(14)6-4-10-28(19)21-18-11-15(23)12-24-20(18)29-13-25-27-22(29)26-21/h3,5,7,11-13,16,30H,2,4,6,10H2,1H3. The van der Waals surface area contributed by atoms with Crippen molar-refractivity contribution in [3.8, 4) is 11.8 Å². The molecule has 1 N–H and O–H groups in total. The third-order valence-corrected chi connectivity index (χ3v) is 5.30. The normalized spacial score (nSPS) is 14.4. The quantitative estimate of drug-likeness (QED) is 0.519. The molecule has 1 aromatic carbocycles. The van der Waals surface area contributed by atoms with Gasteiger partial charge >= 0.3 is 0 Å². The van der Waals surface area contributed by atoms with Gasteiger partial charge in [-0.2, -0.15) is 4.98 Å². The number of rotatable bonds is 2. The van der Waals surface area contributed by atoms with Gasteiger partial charge in [-0.05, 0) is 43.0 Å². The summed E-state index contributed by atoms with van der Waals surface area (Å²) < 4.78 is 15.7. The zero-order valence-electron chi connectivity index (χ0n) is 16.4. The molecule has 30 heavy (non-hydrogen) atoms. The van der Waals surface area contributed by atoms with Gasteiger partial charge in [0.05, 0.1) is 11.6 Å². The zero-order valence-corrected chi connectivity index (χ0v) is 16.4. The lowest BCUT2D eigenvalue weighted by Crippen LogP contribution is -2.26. The van der Waals surface area contributed by atoms with Crippen LogP contribution in [-0.2, 0) is 6.42 Å². The number of anilines is 2. The van der Waals surface area contributed by atoms with Gasteiger partial charge in [0, 0.05) is 17.8 Å². The largest absolute Gasteiger partial charge is 0.380 e. The van der Waals surface area contributed by atoms with Gasteiger partial charge in [-0.25, -0.2) is 13.8 Å². The Morgan fingerprint density at radius 1 is 1.33 bits per heavy atom. The van der Waals surface area contributed by atoms with Crippen LogP contribution in [0.5, 0.6) is 0 Å². The lowest BCUT2D eigenvalue weighted by atomic mass is 9.96. The summed E-state index contributed by atoms with van der Waals surface area (Å²) in [6.45, 7) is 2.62. The number of fused-ring (bicyclic) bond motifs is 4. The Morgan fingerprint density at radius 3 is 3.10 bits per heavy atom. The Balaban J connectivity index is 1.71. The molecule has 0 amide bonds. The predicted octanol–water partition coefficient (Wildman–Crippen LogP) is 3.02. The van der Waals surface area contributed by atoms with Crippen LogP contribution in [0.1, 0.15) is 30.9 Å². The number of benzene rings is 1. The average Bonchev–Trinajstić information content (AvgIpc) is 3.25. The third-order valence-electron chi connectivity index (χ3n) is 5.30. The SMILES string of the molecule is CCC(O)C#Cc1cccc2c1CCCN2c1nc2nncn2c2ncc(F)cc12. The van der Waals surface area contributed by atoms with E-state index in [1.54, 1.807) is 4.40 Å². The molecule has 1 aliphatic rings. The Labute approximate surface area is 172 Å². The van der Waals surface area contributed by atoms with E-state index in [1.807, 2.05) is 25.1 Å². The molecule has 7 nitrogen and oxygen atoms in total. The Hall–Kier alpha value is -3.57. The van der Waals surface area contributed by atoms with Crippen molar-refractivity contribution in [2.75, 3.05) is 11.4 Å². The molecule has 0 saturated heterocycles. The molecule has 3 aromatic heterocycles. The molecular weight excluding hydrogens is 383 g/mol. The molecule has 1 atom stereocenters. The summed E-state index contributed by atoms with van der Waals surface area (Å²) in [6.07, 6.45) is 4.41. The van der Waals surface area contributed by atoms with Crippen LogP contribution in [0.25, 0.3) is 16.8 Å². The third kappa shape index (κ3) is 3.04. The predicted molar refractivity (Wildman–Crippen MR) is 111 cm³/mol. The van der Waals surface area contributed by atoms with Crippen molar-refractivity contribution in [1.82, 2.24) is 24.6 Å². The first kappa shape index (κ1) is 18.5. The maximum Gasteiger partial charge on any atom is 0.258 e. The molecule has 0 aliphatic carbocycles. The van der Waals surface area contributed by atoms with Gasteiger partial charge in [0.1, 0.15) is 24.1 Å². The minimum absolute atomic E-state index is 0.408. The zero-order chi connectivity index (χ0) is 20.7. The van der Waals surface area contributed by atoms with E-state index < -0.39 is 11.9 Å². The van der Waals surface area contributed by atoms with E-state index >= 15 is 0 Å². The lowest BCUT2D eigenvalue weighted by Gasteiger charge is -2.31. The number of pyridine rings is 1. The van der Waals surface area contributed by atoms with Crippen molar-refractivity contribution in [2.45, 2.75) is 32.3 Å². The second kappa shape index (κ2) is 7.35. The summed E-state index contributed by atoms with van der Waals surface area (Å²) in [7, 11) is 0. The molecule has 4 heterocycles. The van der Waals surface area contributed by atoms with Crippen molar-refractivity contribution in [2.24, 2.45) is 0 Å². The Morgan fingerprint density at radius 2 is 2.23 bits per heavy atom. The molecule has 4 aromatic rings. The number of halogens is 1. The molecule has 1 aliphatic heterocycles. The van der Waals surface area contributed by atoms with E-state index in [-0.39, 0.29) is 0 Å². The summed E-state index contributed by atoms with van der Waals surface area (Å²) in [4.78, 5) is 11.0. The van der Waals surface area contributed by atoms with E-state index in [4.69, 9.17) is 0 Å². The van der Waals surface area contributed by atoms with Crippen molar-refractivity contribution in [3.63, 3.8) is 0 Å². The van der Waals surface area contributed by atoms with Gasteiger partial charge < -0.3 is 10.0 Å². The van der Waals surface area contributed by atoms with Crippen LogP contribution in [0.4, 0.5) is 15.9 Å². The van der Waals surface area contributed by atoms with E-state index in [2.05, 4.69) is 36.9 Å². The Kier molecular flexibility index (Phi) is 4.52. The first-order valence-electron chi connectivity index (χ1n) is 9.89. The molecule has 8 heteroatoms. The van der Waals surface area contributed by atoms with E-state index in [0.717, 1.165) is 36.2 Å². The average molecular weight is 402 g/mol. The summed E-state index contributed by atoms with van der Waals surface area (Å²) in [5, 5.41) is 18.4. The molecule has 0 fully saturated rings. The van der Waals surface area contributed by atoms with E-state index in [1.165, 1.54) is 18.6 Å². The van der Waals surface area contributed by atoms with Gasteiger partial charge in [-0.15, -0.1) is 10.2 Å².